The minimum absolute atomic E-state index is 0.00685. The van der Waals surface area contributed by atoms with E-state index in [1.165, 1.54) is 16.9 Å². The number of carbonyl (C=O) groups is 1. The highest BCUT2D eigenvalue weighted by Gasteiger charge is 2.32. The van der Waals surface area contributed by atoms with Crippen LogP contribution < -0.4 is 10.5 Å². The Morgan fingerprint density at radius 2 is 2.07 bits per heavy atom. The van der Waals surface area contributed by atoms with Crippen LogP contribution in [0.2, 0.25) is 0 Å². The first kappa shape index (κ1) is 16.7. The van der Waals surface area contributed by atoms with Gasteiger partial charge in [0.2, 0.25) is 0 Å². The molecule has 5 nitrogen and oxygen atoms in total. The molecule has 0 bridgehead atoms. The third-order valence-corrected chi connectivity index (χ3v) is 7.02. The first-order chi connectivity index (χ1) is 13.1. The molecule has 0 saturated carbocycles. The number of para-hydroxylation sites is 1. The van der Waals surface area contributed by atoms with Crippen LogP contribution in [0.1, 0.15) is 46.4 Å². The second kappa shape index (κ2) is 6.02. The van der Waals surface area contributed by atoms with Gasteiger partial charge in [0, 0.05) is 24.7 Å². The van der Waals surface area contributed by atoms with E-state index in [-0.39, 0.29) is 17.5 Å². The number of rotatable bonds is 1. The number of thiophene rings is 1. The van der Waals surface area contributed by atoms with Gasteiger partial charge in [-0.2, -0.15) is 0 Å². The number of aryl methyl sites for hydroxylation is 3. The van der Waals surface area contributed by atoms with Gasteiger partial charge in [0.15, 0.2) is 0 Å². The highest BCUT2D eigenvalue weighted by molar-refractivity contribution is 7.20. The average Bonchev–Trinajstić information content (AvgIpc) is 3.26. The lowest BCUT2D eigenvalue weighted by Crippen LogP contribution is -2.42. The molecule has 0 N–H and O–H groups in total. The predicted molar refractivity (Wildman–Crippen MR) is 108 cm³/mol. The molecule has 0 radical (unpaired) electrons. The van der Waals surface area contributed by atoms with Crippen LogP contribution in [-0.4, -0.2) is 21.5 Å². The van der Waals surface area contributed by atoms with Crippen molar-refractivity contribution in [2.75, 3.05) is 4.90 Å². The van der Waals surface area contributed by atoms with Gasteiger partial charge in [-0.1, -0.05) is 18.2 Å². The summed E-state index contributed by atoms with van der Waals surface area (Å²) in [6, 6.07) is 8.25. The summed E-state index contributed by atoms with van der Waals surface area (Å²) in [6.45, 7) is 4.71. The molecule has 0 spiro atoms. The number of benzene rings is 1. The van der Waals surface area contributed by atoms with E-state index < -0.39 is 0 Å². The second-order valence-electron chi connectivity index (χ2n) is 7.52. The number of anilines is 1. The van der Waals surface area contributed by atoms with Gasteiger partial charge < -0.3 is 4.90 Å². The number of fused-ring (bicyclic) bond motifs is 3. The zero-order valence-electron chi connectivity index (χ0n) is 15.5. The SMILES string of the molecule is Cc1c(C(=O)N2c3ccccc3CC[C@H]2C)sc2nc3n(c(=O)c12)CCC3. The molecule has 0 saturated heterocycles. The Kier molecular flexibility index (Phi) is 3.72. The highest BCUT2D eigenvalue weighted by atomic mass is 32.1. The lowest BCUT2D eigenvalue weighted by molar-refractivity contribution is 0.0978. The summed E-state index contributed by atoms with van der Waals surface area (Å²) in [5, 5.41) is 0.618. The van der Waals surface area contributed by atoms with Crippen LogP contribution in [0.25, 0.3) is 10.2 Å². The van der Waals surface area contributed by atoms with Gasteiger partial charge >= 0.3 is 0 Å². The van der Waals surface area contributed by atoms with E-state index in [0.29, 0.717) is 15.1 Å². The Morgan fingerprint density at radius 1 is 1.26 bits per heavy atom. The van der Waals surface area contributed by atoms with Crippen molar-refractivity contribution in [3.8, 4) is 0 Å². The van der Waals surface area contributed by atoms with Gasteiger partial charge in [0.1, 0.15) is 10.7 Å². The van der Waals surface area contributed by atoms with Crippen molar-refractivity contribution >= 4 is 33.1 Å². The fourth-order valence-electron chi connectivity index (χ4n) is 4.39. The molecule has 3 aromatic rings. The zero-order valence-corrected chi connectivity index (χ0v) is 16.3. The van der Waals surface area contributed by atoms with Crippen molar-refractivity contribution in [1.29, 1.82) is 0 Å². The number of amides is 1. The molecule has 0 aliphatic carbocycles. The molecular weight excluding hydrogens is 358 g/mol. The van der Waals surface area contributed by atoms with Crippen molar-refractivity contribution < 1.29 is 4.79 Å². The van der Waals surface area contributed by atoms with Gasteiger partial charge in [-0.25, -0.2) is 4.98 Å². The van der Waals surface area contributed by atoms with E-state index in [9.17, 15) is 9.59 Å². The van der Waals surface area contributed by atoms with E-state index in [1.54, 1.807) is 4.57 Å². The molecule has 2 aromatic heterocycles. The monoisotopic (exact) mass is 379 g/mol. The van der Waals surface area contributed by atoms with Gasteiger partial charge in [0.05, 0.1) is 10.3 Å². The van der Waals surface area contributed by atoms with E-state index in [2.05, 4.69) is 13.0 Å². The third kappa shape index (κ3) is 2.39. The Hall–Kier alpha value is -2.47. The van der Waals surface area contributed by atoms with Gasteiger partial charge in [0.25, 0.3) is 11.5 Å². The molecule has 1 atom stereocenters. The van der Waals surface area contributed by atoms with E-state index in [0.717, 1.165) is 49.3 Å². The summed E-state index contributed by atoms with van der Waals surface area (Å²) in [5.41, 5.74) is 2.98. The highest BCUT2D eigenvalue weighted by Crippen LogP contribution is 2.35. The van der Waals surface area contributed by atoms with Gasteiger partial charge in [-0.05, 0) is 50.3 Å². The van der Waals surface area contributed by atoms with Crippen molar-refractivity contribution in [3.63, 3.8) is 0 Å². The van der Waals surface area contributed by atoms with Crippen molar-refractivity contribution in [2.45, 2.75) is 52.1 Å². The Labute approximate surface area is 161 Å². The molecule has 1 amide bonds. The lowest BCUT2D eigenvalue weighted by atomic mass is 9.96. The zero-order chi connectivity index (χ0) is 18.7. The molecule has 6 heteroatoms. The summed E-state index contributed by atoms with van der Waals surface area (Å²) in [4.78, 5) is 34.4. The number of hydrogen-bond donors (Lipinski definition) is 0. The maximum atomic E-state index is 13.5. The quantitative estimate of drug-likeness (QED) is 0.648. The topological polar surface area (TPSA) is 55.2 Å². The number of aromatic nitrogens is 2. The average molecular weight is 379 g/mol. The molecule has 5 rings (SSSR count). The Bertz CT molecular complexity index is 1140. The molecule has 0 unspecified atom stereocenters. The van der Waals surface area contributed by atoms with Crippen LogP contribution in [-0.2, 0) is 19.4 Å². The molecular formula is C21H21N3O2S. The van der Waals surface area contributed by atoms with Crippen molar-refractivity contribution in [3.05, 3.63) is 56.4 Å². The number of nitrogens with zero attached hydrogens (tertiary/aromatic N) is 3. The molecule has 4 heterocycles. The van der Waals surface area contributed by atoms with Gasteiger partial charge in [-0.3, -0.25) is 14.2 Å². The first-order valence-electron chi connectivity index (χ1n) is 9.50. The number of carbonyl (C=O) groups excluding carboxylic acids is 1. The standard InChI is InChI=1S/C21H21N3O2S/c1-12-9-10-14-6-3-4-7-15(14)24(12)21(26)18-13(2)17-19(27-18)22-16-8-5-11-23(16)20(17)25/h3-4,6-7,12H,5,8-11H2,1-2H3/t12-/m1/s1. The normalized spacial score (nSPS) is 18.6. The molecule has 2 aliphatic rings. The summed E-state index contributed by atoms with van der Waals surface area (Å²) >= 11 is 1.37. The largest absolute Gasteiger partial charge is 0.305 e. The maximum Gasteiger partial charge on any atom is 0.268 e. The molecule has 2 aliphatic heterocycles. The third-order valence-electron chi connectivity index (χ3n) is 5.85. The predicted octanol–water partition coefficient (Wildman–Crippen LogP) is 3.69. The Morgan fingerprint density at radius 3 is 2.93 bits per heavy atom. The lowest BCUT2D eigenvalue weighted by Gasteiger charge is -2.35. The summed E-state index contributed by atoms with van der Waals surface area (Å²) < 4.78 is 1.77. The number of hydrogen-bond acceptors (Lipinski definition) is 4. The first-order valence-corrected chi connectivity index (χ1v) is 10.3. The van der Waals surface area contributed by atoms with Crippen LogP contribution in [0.4, 0.5) is 5.69 Å². The van der Waals surface area contributed by atoms with Crippen LogP contribution in [0.3, 0.4) is 0 Å². The summed E-state index contributed by atoms with van der Waals surface area (Å²) in [6.07, 6.45) is 3.73. The van der Waals surface area contributed by atoms with Crippen LogP contribution in [0.15, 0.2) is 29.1 Å². The molecule has 138 valence electrons. The minimum Gasteiger partial charge on any atom is -0.305 e. The van der Waals surface area contributed by atoms with Crippen molar-refractivity contribution in [1.82, 2.24) is 9.55 Å². The van der Waals surface area contributed by atoms with Crippen LogP contribution >= 0.6 is 11.3 Å². The van der Waals surface area contributed by atoms with E-state index >= 15 is 0 Å². The summed E-state index contributed by atoms with van der Waals surface area (Å²) in [7, 11) is 0. The fraction of sp³-hybridized carbons (Fsp3) is 0.381. The van der Waals surface area contributed by atoms with E-state index in [4.69, 9.17) is 4.98 Å². The summed E-state index contributed by atoms with van der Waals surface area (Å²) in [5.74, 6) is 0.837. The van der Waals surface area contributed by atoms with Crippen LogP contribution in [0.5, 0.6) is 0 Å². The van der Waals surface area contributed by atoms with Gasteiger partial charge in [-0.15, -0.1) is 11.3 Å². The molecule has 27 heavy (non-hydrogen) atoms. The van der Waals surface area contributed by atoms with Crippen LogP contribution in [0, 0.1) is 6.92 Å². The van der Waals surface area contributed by atoms with Crippen molar-refractivity contribution in [2.24, 2.45) is 0 Å². The molecule has 0 fully saturated rings. The smallest absolute Gasteiger partial charge is 0.268 e. The molecule has 1 aromatic carbocycles. The van der Waals surface area contributed by atoms with E-state index in [1.807, 2.05) is 30.0 Å². The fourth-order valence-corrected chi connectivity index (χ4v) is 5.51. The second-order valence-corrected chi connectivity index (χ2v) is 8.52. The maximum absolute atomic E-state index is 13.5. The minimum atomic E-state index is -0.0142. The Balaban J connectivity index is 1.66.